The van der Waals surface area contributed by atoms with E-state index in [4.69, 9.17) is 0 Å². The van der Waals surface area contributed by atoms with Gasteiger partial charge in [-0.25, -0.2) is 0 Å². The van der Waals surface area contributed by atoms with E-state index in [-0.39, 0.29) is 0 Å². The van der Waals surface area contributed by atoms with Crippen LogP contribution in [0.25, 0.3) is 0 Å². The Morgan fingerprint density at radius 3 is 2.17 bits per heavy atom. The fourth-order valence-electron chi connectivity index (χ4n) is 1.50. The molecule has 0 saturated heterocycles. The summed E-state index contributed by atoms with van der Waals surface area (Å²) in [7, 11) is 0. The molecule has 0 nitrogen and oxygen atoms in total. The fraction of sp³-hybridized carbons (Fsp3) is 0.875. The Balaban J connectivity index is 4.14. The maximum Gasteiger partial charge on any atom is 0.00604 e. The lowest BCUT2D eigenvalue weighted by Crippen LogP contribution is -1.95. The lowest BCUT2D eigenvalue weighted by molar-refractivity contribution is 0.672. The molecule has 0 spiro atoms. The zero-order valence-electron chi connectivity index (χ0n) is 13.0. The van der Waals surface area contributed by atoms with Crippen LogP contribution in [-0.2, 0) is 0 Å². The highest BCUT2D eigenvalue weighted by molar-refractivity contribution is 8.06. The maximum absolute atomic E-state index is 2.44. The molecule has 2 heteroatoms. The standard InChI is InChI=1S/C16H32S2/c1-6-9-10-11-12-16(18-15(5)8-3)13-17-14(4)7-2/h13-15H,6-12H2,1-5H3/b16-13+. The monoisotopic (exact) mass is 288 g/mol. The van der Waals surface area contributed by atoms with Crippen molar-refractivity contribution in [2.45, 2.75) is 90.1 Å². The van der Waals surface area contributed by atoms with Gasteiger partial charge in [0.05, 0.1) is 0 Å². The van der Waals surface area contributed by atoms with Gasteiger partial charge in [0.1, 0.15) is 0 Å². The van der Waals surface area contributed by atoms with Crippen LogP contribution < -0.4 is 0 Å². The van der Waals surface area contributed by atoms with Gasteiger partial charge in [0.25, 0.3) is 0 Å². The molecule has 0 amide bonds. The third kappa shape index (κ3) is 10.4. The minimum atomic E-state index is 0.758. The van der Waals surface area contributed by atoms with Gasteiger partial charge in [0.15, 0.2) is 0 Å². The van der Waals surface area contributed by atoms with Crippen molar-refractivity contribution >= 4 is 23.5 Å². The van der Waals surface area contributed by atoms with Gasteiger partial charge in [-0.15, -0.1) is 23.5 Å². The molecular weight excluding hydrogens is 256 g/mol. The molecule has 0 aromatic rings. The van der Waals surface area contributed by atoms with Crippen LogP contribution in [0.15, 0.2) is 10.3 Å². The number of rotatable bonds is 11. The second kappa shape index (κ2) is 12.5. The van der Waals surface area contributed by atoms with Gasteiger partial charge < -0.3 is 0 Å². The molecule has 2 unspecified atom stereocenters. The Morgan fingerprint density at radius 1 is 0.944 bits per heavy atom. The van der Waals surface area contributed by atoms with Gasteiger partial charge in [-0.2, -0.15) is 0 Å². The molecule has 0 aromatic carbocycles. The summed E-state index contributed by atoms with van der Waals surface area (Å²) < 4.78 is 0. The first kappa shape index (κ1) is 18.4. The van der Waals surface area contributed by atoms with Crippen LogP contribution in [0.1, 0.15) is 79.6 Å². The average Bonchev–Trinajstić information content (AvgIpc) is 2.39. The number of unbranched alkanes of at least 4 members (excludes halogenated alkanes) is 3. The van der Waals surface area contributed by atoms with Crippen molar-refractivity contribution in [1.29, 1.82) is 0 Å². The van der Waals surface area contributed by atoms with Gasteiger partial charge in [-0.3, -0.25) is 0 Å². The van der Waals surface area contributed by atoms with Crippen LogP contribution >= 0.6 is 23.5 Å². The van der Waals surface area contributed by atoms with Gasteiger partial charge in [-0.05, 0) is 36.0 Å². The van der Waals surface area contributed by atoms with E-state index in [9.17, 15) is 0 Å². The number of hydrogen-bond donors (Lipinski definition) is 0. The van der Waals surface area contributed by atoms with Crippen LogP contribution in [0.2, 0.25) is 0 Å². The third-order valence-corrected chi connectivity index (χ3v) is 5.94. The molecule has 0 radical (unpaired) electrons. The van der Waals surface area contributed by atoms with E-state index in [1.807, 2.05) is 11.8 Å². The quantitative estimate of drug-likeness (QED) is 0.381. The summed E-state index contributed by atoms with van der Waals surface area (Å²) in [4.78, 5) is 1.62. The van der Waals surface area contributed by atoms with Crippen LogP contribution in [-0.4, -0.2) is 10.5 Å². The molecule has 0 aliphatic rings. The predicted octanol–water partition coefficient (Wildman–Crippen LogP) is 6.86. The van der Waals surface area contributed by atoms with Crippen molar-refractivity contribution in [2.75, 3.05) is 0 Å². The lowest BCUT2D eigenvalue weighted by Gasteiger charge is -2.13. The molecule has 2 atom stereocenters. The molecule has 18 heavy (non-hydrogen) atoms. The number of hydrogen-bond acceptors (Lipinski definition) is 2. The first-order valence-electron chi connectivity index (χ1n) is 7.65. The molecule has 0 heterocycles. The van der Waals surface area contributed by atoms with E-state index in [1.165, 1.54) is 44.9 Å². The largest absolute Gasteiger partial charge is 0.130 e. The van der Waals surface area contributed by atoms with Crippen LogP contribution in [0.3, 0.4) is 0 Å². The van der Waals surface area contributed by atoms with Crippen molar-refractivity contribution < 1.29 is 0 Å². The van der Waals surface area contributed by atoms with Gasteiger partial charge >= 0.3 is 0 Å². The van der Waals surface area contributed by atoms with Crippen molar-refractivity contribution in [3.8, 4) is 0 Å². The minimum Gasteiger partial charge on any atom is -0.130 e. The fourth-order valence-corrected chi connectivity index (χ4v) is 3.53. The summed E-state index contributed by atoms with van der Waals surface area (Å²) in [6.07, 6.45) is 9.30. The van der Waals surface area contributed by atoms with E-state index in [2.05, 4.69) is 51.8 Å². The van der Waals surface area contributed by atoms with E-state index in [0.29, 0.717) is 0 Å². The predicted molar refractivity (Wildman–Crippen MR) is 91.5 cm³/mol. The van der Waals surface area contributed by atoms with Gasteiger partial charge in [-0.1, -0.05) is 53.9 Å². The number of thioether (sulfide) groups is 2. The molecule has 0 aliphatic heterocycles. The Hall–Kier alpha value is 0.440. The molecule has 0 N–H and O–H groups in total. The van der Waals surface area contributed by atoms with E-state index in [1.54, 1.807) is 4.91 Å². The Kier molecular flexibility index (Phi) is 12.8. The SMILES string of the molecule is CCCCCC/C(=C\SC(C)CC)SC(C)CC. The second-order valence-electron chi connectivity index (χ2n) is 5.09. The molecule has 0 saturated carbocycles. The first-order valence-corrected chi connectivity index (χ1v) is 9.47. The summed E-state index contributed by atoms with van der Waals surface area (Å²) in [5, 5.41) is 3.96. The van der Waals surface area contributed by atoms with Crippen molar-refractivity contribution in [3.05, 3.63) is 10.3 Å². The lowest BCUT2D eigenvalue weighted by atomic mass is 10.1. The summed E-state index contributed by atoms with van der Waals surface area (Å²) in [5.41, 5.74) is 0. The zero-order valence-corrected chi connectivity index (χ0v) is 14.6. The Bertz CT molecular complexity index is 211. The maximum atomic E-state index is 2.44. The third-order valence-electron chi connectivity index (χ3n) is 3.21. The van der Waals surface area contributed by atoms with Crippen LogP contribution in [0, 0.1) is 0 Å². The van der Waals surface area contributed by atoms with Crippen LogP contribution in [0.5, 0.6) is 0 Å². The Labute approximate surface area is 124 Å². The minimum absolute atomic E-state index is 0.758. The Morgan fingerprint density at radius 2 is 1.61 bits per heavy atom. The van der Waals surface area contributed by atoms with Gasteiger partial charge in [0, 0.05) is 10.5 Å². The number of allylic oxidation sites excluding steroid dienone is 1. The molecule has 108 valence electrons. The summed E-state index contributed by atoms with van der Waals surface area (Å²) in [6, 6.07) is 0. The second-order valence-corrected chi connectivity index (χ2v) is 7.96. The van der Waals surface area contributed by atoms with Crippen molar-refractivity contribution in [2.24, 2.45) is 0 Å². The normalized spacial score (nSPS) is 15.7. The van der Waals surface area contributed by atoms with Crippen LogP contribution in [0.4, 0.5) is 0 Å². The van der Waals surface area contributed by atoms with Gasteiger partial charge in [0.2, 0.25) is 0 Å². The van der Waals surface area contributed by atoms with E-state index < -0.39 is 0 Å². The molecule has 0 fully saturated rings. The highest BCUT2D eigenvalue weighted by atomic mass is 32.2. The molecule has 0 rings (SSSR count). The van der Waals surface area contributed by atoms with Crippen molar-refractivity contribution in [3.63, 3.8) is 0 Å². The summed E-state index contributed by atoms with van der Waals surface area (Å²) in [5.74, 6) is 0. The molecule has 0 aliphatic carbocycles. The van der Waals surface area contributed by atoms with E-state index >= 15 is 0 Å². The summed E-state index contributed by atoms with van der Waals surface area (Å²) >= 11 is 4.11. The van der Waals surface area contributed by atoms with Crippen molar-refractivity contribution in [1.82, 2.24) is 0 Å². The highest BCUT2D eigenvalue weighted by Gasteiger charge is 2.06. The zero-order chi connectivity index (χ0) is 13.8. The smallest absolute Gasteiger partial charge is 0.00604 e. The molecule has 0 aromatic heterocycles. The topological polar surface area (TPSA) is 0 Å². The highest BCUT2D eigenvalue weighted by Crippen LogP contribution is 2.31. The average molecular weight is 289 g/mol. The molecular formula is C16H32S2. The molecule has 0 bridgehead atoms. The van der Waals surface area contributed by atoms with E-state index in [0.717, 1.165) is 10.5 Å². The summed E-state index contributed by atoms with van der Waals surface area (Å²) in [6.45, 7) is 11.5. The first-order chi connectivity index (χ1) is 8.63.